The lowest BCUT2D eigenvalue weighted by Gasteiger charge is -2.19. The molecule has 21 heavy (non-hydrogen) atoms. The number of H-pyrrole nitrogens is 1. The Kier molecular flexibility index (Phi) is 3.00. The number of hydrogen-bond donors (Lipinski definition) is 1. The van der Waals surface area contributed by atoms with Crippen molar-refractivity contribution in [3.63, 3.8) is 0 Å². The van der Waals surface area contributed by atoms with Gasteiger partial charge in [-0.05, 0) is 29.7 Å². The van der Waals surface area contributed by atoms with E-state index in [4.69, 9.17) is 0 Å². The zero-order chi connectivity index (χ0) is 14.1. The Balaban J connectivity index is 1.61. The van der Waals surface area contributed by atoms with Crippen molar-refractivity contribution >= 4 is 17.0 Å². The smallest absolute Gasteiger partial charge is 0.0461 e. The predicted molar refractivity (Wildman–Crippen MR) is 87.9 cm³/mol. The highest BCUT2D eigenvalue weighted by Crippen LogP contribution is 2.26. The number of benzene rings is 2. The van der Waals surface area contributed by atoms with Crippen LogP contribution >= 0.6 is 0 Å². The van der Waals surface area contributed by atoms with E-state index in [2.05, 4.69) is 76.8 Å². The first-order valence-electron chi connectivity index (χ1n) is 7.46. The second kappa shape index (κ2) is 5.13. The number of aromatic amines is 1. The quantitative estimate of drug-likeness (QED) is 0.742. The van der Waals surface area contributed by atoms with Crippen LogP contribution in [-0.4, -0.2) is 16.4 Å². The molecule has 2 heterocycles. The van der Waals surface area contributed by atoms with Gasteiger partial charge in [-0.3, -0.25) is 0 Å². The fourth-order valence-electron chi connectivity index (χ4n) is 3.09. The molecule has 4 rings (SSSR count). The molecule has 1 aliphatic rings. The molecule has 1 N–H and O–H groups in total. The molecule has 0 atom stereocenters. The molecule has 0 saturated carbocycles. The van der Waals surface area contributed by atoms with Crippen molar-refractivity contribution < 1.29 is 0 Å². The summed E-state index contributed by atoms with van der Waals surface area (Å²) in [6.07, 6.45) is 5.51. The van der Waals surface area contributed by atoms with Crippen molar-refractivity contribution in [3.05, 3.63) is 77.6 Å². The third-order valence-corrected chi connectivity index (χ3v) is 4.18. The van der Waals surface area contributed by atoms with E-state index in [0.29, 0.717) is 0 Å². The van der Waals surface area contributed by atoms with Crippen molar-refractivity contribution in [1.29, 1.82) is 0 Å². The van der Waals surface area contributed by atoms with Crippen molar-refractivity contribution in [1.82, 2.24) is 9.88 Å². The first kappa shape index (κ1) is 12.3. The molecule has 0 saturated heterocycles. The maximum absolute atomic E-state index is 3.53. The van der Waals surface area contributed by atoms with Gasteiger partial charge >= 0.3 is 0 Å². The lowest BCUT2D eigenvalue weighted by Crippen LogP contribution is -2.18. The van der Waals surface area contributed by atoms with Gasteiger partial charge in [-0.25, -0.2) is 0 Å². The third kappa shape index (κ3) is 2.33. The molecule has 0 fully saturated rings. The van der Waals surface area contributed by atoms with Gasteiger partial charge in [0.05, 0.1) is 0 Å². The SMILES string of the molecule is C1=CN(Cc2ccccc2)CCc2c1[nH]c1ccccc21. The number of aromatic nitrogens is 1. The molecule has 0 radical (unpaired) electrons. The second-order valence-corrected chi connectivity index (χ2v) is 5.58. The molecule has 3 aromatic rings. The molecular formula is C19H18N2. The molecule has 2 heteroatoms. The van der Waals surface area contributed by atoms with E-state index < -0.39 is 0 Å². The molecular weight excluding hydrogens is 256 g/mol. The Hall–Kier alpha value is -2.48. The highest BCUT2D eigenvalue weighted by Gasteiger charge is 2.13. The van der Waals surface area contributed by atoms with E-state index in [1.54, 1.807) is 0 Å². The third-order valence-electron chi connectivity index (χ3n) is 4.18. The summed E-state index contributed by atoms with van der Waals surface area (Å²) in [6.45, 7) is 2.03. The van der Waals surface area contributed by atoms with E-state index in [1.807, 2.05) is 0 Å². The number of nitrogens with zero attached hydrogens (tertiary/aromatic N) is 1. The number of rotatable bonds is 2. The molecule has 2 aromatic carbocycles. The summed E-state index contributed by atoms with van der Waals surface area (Å²) in [5.74, 6) is 0. The molecule has 0 amide bonds. The first-order chi connectivity index (χ1) is 10.4. The van der Waals surface area contributed by atoms with Gasteiger partial charge in [0.25, 0.3) is 0 Å². The minimum absolute atomic E-state index is 0.972. The summed E-state index contributed by atoms with van der Waals surface area (Å²) in [5.41, 5.74) is 5.30. The fourth-order valence-corrected chi connectivity index (χ4v) is 3.09. The van der Waals surface area contributed by atoms with Crippen molar-refractivity contribution in [2.24, 2.45) is 0 Å². The standard InChI is InChI=1S/C19H18N2/c1-2-6-15(7-3-1)14-21-12-10-17-16-8-4-5-9-18(16)20-19(17)11-13-21/h1-9,11,13,20H,10,12,14H2. The summed E-state index contributed by atoms with van der Waals surface area (Å²) in [7, 11) is 0. The largest absolute Gasteiger partial charge is 0.373 e. The zero-order valence-corrected chi connectivity index (χ0v) is 11.9. The molecule has 2 nitrogen and oxygen atoms in total. The molecule has 0 aliphatic carbocycles. The van der Waals surface area contributed by atoms with Crippen LogP contribution in [0.5, 0.6) is 0 Å². The van der Waals surface area contributed by atoms with Gasteiger partial charge < -0.3 is 9.88 Å². The van der Waals surface area contributed by atoms with Crippen LogP contribution in [0, 0.1) is 0 Å². The molecule has 104 valence electrons. The summed E-state index contributed by atoms with van der Waals surface area (Å²) in [4.78, 5) is 5.91. The van der Waals surface area contributed by atoms with Gasteiger partial charge in [0, 0.05) is 35.9 Å². The minimum Gasteiger partial charge on any atom is -0.373 e. The Labute approximate surface area is 124 Å². The normalized spacial score (nSPS) is 14.2. The Bertz CT molecular complexity index is 784. The molecule has 0 unspecified atom stereocenters. The van der Waals surface area contributed by atoms with Crippen LogP contribution in [0.2, 0.25) is 0 Å². The lowest BCUT2D eigenvalue weighted by atomic mass is 10.1. The van der Waals surface area contributed by atoms with Crippen LogP contribution in [0.25, 0.3) is 17.0 Å². The van der Waals surface area contributed by atoms with Crippen molar-refractivity contribution in [2.75, 3.05) is 6.54 Å². The Morgan fingerprint density at radius 2 is 1.76 bits per heavy atom. The van der Waals surface area contributed by atoms with E-state index in [9.17, 15) is 0 Å². The summed E-state index contributed by atoms with van der Waals surface area (Å²) >= 11 is 0. The molecule has 0 spiro atoms. The number of hydrogen-bond acceptors (Lipinski definition) is 1. The van der Waals surface area contributed by atoms with Gasteiger partial charge in [0.1, 0.15) is 0 Å². The molecule has 1 aliphatic heterocycles. The predicted octanol–water partition coefficient (Wildman–Crippen LogP) is 4.20. The second-order valence-electron chi connectivity index (χ2n) is 5.58. The van der Waals surface area contributed by atoms with Crippen LogP contribution in [0.1, 0.15) is 16.8 Å². The number of fused-ring (bicyclic) bond motifs is 3. The Morgan fingerprint density at radius 1 is 0.952 bits per heavy atom. The number of nitrogens with one attached hydrogen (secondary N) is 1. The van der Waals surface area contributed by atoms with E-state index in [0.717, 1.165) is 19.5 Å². The van der Waals surface area contributed by atoms with E-state index >= 15 is 0 Å². The first-order valence-corrected chi connectivity index (χ1v) is 7.46. The maximum atomic E-state index is 3.53. The zero-order valence-electron chi connectivity index (χ0n) is 11.9. The molecule has 0 bridgehead atoms. The average molecular weight is 274 g/mol. The molecule has 1 aromatic heterocycles. The highest BCUT2D eigenvalue weighted by atomic mass is 15.1. The maximum Gasteiger partial charge on any atom is 0.0461 e. The lowest BCUT2D eigenvalue weighted by molar-refractivity contribution is 0.378. The number of para-hydroxylation sites is 1. The minimum atomic E-state index is 0.972. The van der Waals surface area contributed by atoms with Gasteiger partial charge in [-0.15, -0.1) is 0 Å². The highest BCUT2D eigenvalue weighted by molar-refractivity contribution is 5.87. The average Bonchev–Trinajstić information content (AvgIpc) is 2.77. The van der Waals surface area contributed by atoms with Crippen molar-refractivity contribution in [3.8, 4) is 0 Å². The summed E-state index contributed by atoms with van der Waals surface area (Å²) in [6, 6.07) is 19.2. The van der Waals surface area contributed by atoms with Crippen LogP contribution < -0.4 is 0 Å². The Morgan fingerprint density at radius 3 is 2.67 bits per heavy atom. The van der Waals surface area contributed by atoms with Crippen LogP contribution in [0.15, 0.2) is 60.8 Å². The van der Waals surface area contributed by atoms with E-state index in [1.165, 1.54) is 27.7 Å². The van der Waals surface area contributed by atoms with Gasteiger partial charge in [0.2, 0.25) is 0 Å². The van der Waals surface area contributed by atoms with E-state index in [-0.39, 0.29) is 0 Å². The van der Waals surface area contributed by atoms with Gasteiger partial charge in [-0.2, -0.15) is 0 Å². The summed E-state index contributed by atoms with van der Waals surface area (Å²) < 4.78 is 0. The van der Waals surface area contributed by atoms with Crippen molar-refractivity contribution in [2.45, 2.75) is 13.0 Å². The van der Waals surface area contributed by atoms with Crippen LogP contribution in [0.3, 0.4) is 0 Å². The van der Waals surface area contributed by atoms with Crippen LogP contribution in [0.4, 0.5) is 0 Å². The topological polar surface area (TPSA) is 19.0 Å². The summed E-state index contributed by atoms with van der Waals surface area (Å²) in [5, 5.41) is 1.36. The van der Waals surface area contributed by atoms with Gasteiger partial charge in [0.15, 0.2) is 0 Å². The fraction of sp³-hybridized carbons (Fsp3) is 0.158. The van der Waals surface area contributed by atoms with Gasteiger partial charge in [-0.1, -0.05) is 48.5 Å². The monoisotopic (exact) mass is 274 g/mol. The van der Waals surface area contributed by atoms with Crippen LogP contribution in [-0.2, 0) is 13.0 Å².